The van der Waals surface area contributed by atoms with Crippen molar-refractivity contribution in [3.63, 3.8) is 0 Å². The van der Waals surface area contributed by atoms with Crippen molar-refractivity contribution in [2.45, 2.75) is 13.3 Å². The number of nitrogens with two attached hydrogens (primary N) is 1. The van der Waals surface area contributed by atoms with Gasteiger partial charge in [-0.25, -0.2) is 10.9 Å². The van der Waals surface area contributed by atoms with E-state index in [4.69, 9.17) is 5.84 Å². The maximum Gasteiger partial charge on any atom is 0.274 e. The first-order chi connectivity index (χ1) is 6.66. The molecule has 0 aliphatic rings. The van der Waals surface area contributed by atoms with Gasteiger partial charge in [0.15, 0.2) is 0 Å². The van der Waals surface area contributed by atoms with E-state index in [-0.39, 0.29) is 12.3 Å². The third-order valence-electron chi connectivity index (χ3n) is 1.81. The van der Waals surface area contributed by atoms with Gasteiger partial charge in [0.25, 0.3) is 5.91 Å². The van der Waals surface area contributed by atoms with E-state index in [1.807, 2.05) is 0 Å². The Morgan fingerprint density at radius 2 is 1.86 bits per heavy atom. The highest BCUT2D eigenvalue weighted by Gasteiger charge is 2.16. The van der Waals surface area contributed by atoms with E-state index in [9.17, 15) is 9.59 Å². The highest BCUT2D eigenvalue weighted by molar-refractivity contribution is 6.03. The molecule has 4 heteroatoms. The van der Waals surface area contributed by atoms with Gasteiger partial charge >= 0.3 is 0 Å². The van der Waals surface area contributed by atoms with Crippen LogP contribution in [-0.2, 0) is 4.79 Å². The zero-order chi connectivity index (χ0) is 10.6. The fraction of sp³-hybridized carbons (Fsp3) is 0.200. The van der Waals surface area contributed by atoms with Gasteiger partial charge in [0.1, 0.15) is 0 Å². The molecule has 14 heavy (non-hydrogen) atoms. The molecule has 0 saturated carbocycles. The van der Waals surface area contributed by atoms with Gasteiger partial charge in [0.2, 0.25) is 5.91 Å². The molecule has 1 rings (SSSR count). The average Bonchev–Trinajstić information content (AvgIpc) is 2.27. The number of carbonyl (C=O) groups is 2. The van der Waals surface area contributed by atoms with Crippen molar-refractivity contribution in [2.75, 3.05) is 0 Å². The largest absolute Gasteiger partial charge is 0.274 e. The van der Waals surface area contributed by atoms with Gasteiger partial charge in [-0.05, 0) is 12.1 Å². The number of hydrogen-bond donors (Lipinski definition) is 1. The Hall–Kier alpha value is -1.68. The van der Waals surface area contributed by atoms with E-state index in [2.05, 4.69) is 0 Å². The van der Waals surface area contributed by atoms with Crippen molar-refractivity contribution < 1.29 is 9.59 Å². The van der Waals surface area contributed by atoms with Crippen molar-refractivity contribution >= 4 is 11.8 Å². The second kappa shape index (κ2) is 4.53. The van der Waals surface area contributed by atoms with Gasteiger partial charge in [-0.2, -0.15) is 0 Å². The lowest BCUT2D eigenvalue weighted by molar-refractivity contribution is -0.128. The molecule has 1 aromatic carbocycles. The summed E-state index contributed by atoms with van der Waals surface area (Å²) in [5.41, 5.74) is 0.414. The van der Waals surface area contributed by atoms with E-state index in [0.717, 1.165) is 0 Å². The Bertz CT molecular complexity index is 335. The second-order valence-corrected chi connectivity index (χ2v) is 2.79. The molecular weight excluding hydrogens is 180 g/mol. The van der Waals surface area contributed by atoms with Crippen LogP contribution in [0.1, 0.15) is 23.7 Å². The molecule has 0 unspecified atom stereocenters. The predicted molar refractivity (Wildman–Crippen MR) is 52.1 cm³/mol. The van der Waals surface area contributed by atoms with Crippen LogP contribution < -0.4 is 5.84 Å². The first-order valence-corrected chi connectivity index (χ1v) is 4.34. The maximum absolute atomic E-state index is 11.5. The van der Waals surface area contributed by atoms with Crippen molar-refractivity contribution in [3.8, 4) is 0 Å². The van der Waals surface area contributed by atoms with Gasteiger partial charge in [0, 0.05) is 12.0 Å². The zero-order valence-electron chi connectivity index (χ0n) is 7.93. The molecule has 0 spiro atoms. The van der Waals surface area contributed by atoms with E-state index >= 15 is 0 Å². The minimum atomic E-state index is -0.475. The van der Waals surface area contributed by atoms with Gasteiger partial charge in [0.05, 0.1) is 0 Å². The summed E-state index contributed by atoms with van der Waals surface area (Å²) in [4.78, 5) is 22.6. The fourth-order valence-corrected chi connectivity index (χ4v) is 1.00. The van der Waals surface area contributed by atoms with Crippen LogP contribution in [0.2, 0.25) is 0 Å². The molecule has 0 aromatic heterocycles. The topological polar surface area (TPSA) is 63.4 Å². The van der Waals surface area contributed by atoms with Crippen LogP contribution in [0.4, 0.5) is 0 Å². The molecule has 1 aromatic rings. The average molecular weight is 192 g/mol. The molecule has 0 fully saturated rings. The minimum absolute atomic E-state index is 0.217. The van der Waals surface area contributed by atoms with Crippen molar-refractivity contribution in [1.82, 2.24) is 5.01 Å². The highest BCUT2D eigenvalue weighted by Crippen LogP contribution is 2.02. The molecule has 4 nitrogen and oxygen atoms in total. The van der Waals surface area contributed by atoms with Crippen LogP contribution in [0.25, 0.3) is 0 Å². The van der Waals surface area contributed by atoms with Crippen molar-refractivity contribution in [1.29, 1.82) is 0 Å². The number of amides is 2. The van der Waals surface area contributed by atoms with Crippen LogP contribution in [0.5, 0.6) is 0 Å². The Morgan fingerprint density at radius 1 is 1.29 bits per heavy atom. The van der Waals surface area contributed by atoms with Crippen molar-refractivity contribution in [3.05, 3.63) is 35.9 Å². The summed E-state index contributed by atoms with van der Waals surface area (Å²) >= 11 is 0. The van der Waals surface area contributed by atoms with E-state index in [1.165, 1.54) is 0 Å². The molecule has 0 atom stereocenters. The van der Waals surface area contributed by atoms with Gasteiger partial charge < -0.3 is 0 Å². The zero-order valence-corrected chi connectivity index (χ0v) is 7.93. The Kier molecular flexibility index (Phi) is 3.36. The van der Waals surface area contributed by atoms with Crippen molar-refractivity contribution in [2.24, 2.45) is 5.84 Å². The van der Waals surface area contributed by atoms with E-state index in [0.29, 0.717) is 10.6 Å². The molecule has 0 heterocycles. The Morgan fingerprint density at radius 3 is 2.36 bits per heavy atom. The summed E-state index contributed by atoms with van der Waals surface area (Å²) in [5.74, 6) is 4.47. The highest BCUT2D eigenvalue weighted by atomic mass is 16.2. The maximum atomic E-state index is 11.5. The summed E-state index contributed by atoms with van der Waals surface area (Å²) in [7, 11) is 0. The van der Waals surface area contributed by atoms with Crippen LogP contribution in [0, 0.1) is 0 Å². The molecular formula is C10H12N2O2. The van der Waals surface area contributed by atoms with E-state index < -0.39 is 5.91 Å². The number of rotatable bonds is 2. The number of carbonyl (C=O) groups excluding carboxylic acids is 2. The predicted octanol–water partition coefficient (Wildman–Crippen LogP) is 0.939. The standard InChI is InChI=1S/C10H12N2O2/c1-2-9(13)12(11)10(14)8-6-4-3-5-7-8/h3-7H,2,11H2,1H3. The summed E-state index contributed by atoms with van der Waals surface area (Å²) in [6, 6.07) is 8.46. The lowest BCUT2D eigenvalue weighted by Crippen LogP contribution is -2.42. The SMILES string of the molecule is CCC(=O)N(N)C(=O)c1ccccc1. The molecule has 74 valence electrons. The lowest BCUT2D eigenvalue weighted by atomic mass is 10.2. The molecule has 0 saturated heterocycles. The third-order valence-corrected chi connectivity index (χ3v) is 1.81. The monoisotopic (exact) mass is 192 g/mol. The second-order valence-electron chi connectivity index (χ2n) is 2.79. The van der Waals surface area contributed by atoms with Crippen LogP contribution in [-0.4, -0.2) is 16.8 Å². The van der Waals surface area contributed by atoms with Gasteiger partial charge in [-0.1, -0.05) is 25.1 Å². The summed E-state index contributed by atoms with van der Waals surface area (Å²) in [6.45, 7) is 1.65. The first kappa shape index (κ1) is 10.4. The lowest BCUT2D eigenvalue weighted by Gasteiger charge is -2.13. The number of hydrogen-bond acceptors (Lipinski definition) is 3. The molecule has 2 amide bonds. The smallest absolute Gasteiger partial charge is 0.273 e. The van der Waals surface area contributed by atoms with Gasteiger partial charge in [-0.3, -0.25) is 9.59 Å². The van der Waals surface area contributed by atoms with E-state index in [1.54, 1.807) is 37.3 Å². The fourth-order valence-electron chi connectivity index (χ4n) is 1.00. The summed E-state index contributed by atoms with van der Waals surface area (Å²) in [6.07, 6.45) is 0.217. The summed E-state index contributed by atoms with van der Waals surface area (Å²) in [5, 5.41) is 0.648. The number of hydrazine groups is 1. The molecule has 2 N–H and O–H groups in total. The Labute approximate surface area is 82.3 Å². The number of benzene rings is 1. The van der Waals surface area contributed by atoms with Crippen LogP contribution in [0.3, 0.4) is 0 Å². The minimum Gasteiger partial charge on any atom is -0.273 e. The Balaban J connectivity index is 2.81. The van der Waals surface area contributed by atoms with Crippen LogP contribution in [0.15, 0.2) is 30.3 Å². The molecule has 0 aliphatic carbocycles. The normalized spacial score (nSPS) is 9.57. The van der Waals surface area contributed by atoms with Crippen LogP contribution >= 0.6 is 0 Å². The van der Waals surface area contributed by atoms with Gasteiger partial charge in [-0.15, -0.1) is 0 Å². The summed E-state index contributed by atoms with van der Waals surface area (Å²) < 4.78 is 0. The first-order valence-electron chi connectivity index (χ1n) is 4.34. The number of nitrogens with zero attached hydrogens (tertiary/aromatic N) is 1. The molecule has 0 bridgehead atoms. The number of imide groups is 1. The quantitative estimate of drug-likeness (QED) is 0.431. The third kappa shape index (κ3) is 2.17. The molecule has 0 aliphatic heterocycles. The molecule has 0 radical (unpaired) electrons.